The zero-order chi connectivity index (χ0) is 8.29. The number of nitrogens with zero attached hydrogens (tertiary/aromatic N) is 1. The Balaban J connectivity index is 1.97. The summed E-state index contributed by atoms with van der Waals surface area (Å²) >= 11 is 0. The molecule has 1 N–H and O–H groups in total. The van der Waals surface area contributed by atoms with E-state index in [1.54, 1.807) is 0 Å². The molecule has 3 rings (SSSR count). The molecule has 2 heterocycles. The predicted molar refractivity (Wildman–Crippen MR) is 46.8 cm³/mol. The van der Waals surface area contributed by atoms with E-state index in [1.165, 1.54) is 19.3 Å². The van der Waals surface area contributed by atoms with E-state index in [0.717, 1.165) is 18.3 Å². The molecule has 0 spiro atoms. The number of rotatable bonds is 0. The smallest absolute Gasteiger partial charge is 0.0713 e. The number of hydrogen-bond donors (Lipinski definition) is 1. The van der Waals surface area contributed by atoms with E-state index >= 15 is 0 Å². The Morgan fingerprint density at radius 3 is 2.75 bits per heavy atom. The molecule has 68 valence electrons. The van der Waals surface area contributed by atoms with Crippen LogP contribution in [-0.4, -0.2) is 35.2 Å². The van der Waals surface area contributed by atoms with E-state index in [9.17, 15) is 5.11 Å². The Hall–Kier alpha value is -0.0800. The molecule has 2 heteroatoms. The molecule has 3 fully saturated rings. The summed E-state index contributed by atoms with van der Waals surface area (Å²) in [5.74, 6) is 1.72. The summed E-state index contributed by atoms with van der Waals surface area (Å²) in [6.45, 7) is 0. The van der Waals surface area contributed by atoms with Gasteiger partial charge in [-0.2, -0.15) is 0 Å². The average molecular weight is 167 g/mol. The summed E-state index contributed by atoms with van der Waals surface area (Å²) < 4.78 is 0. The predicted octanol–water partition coefficient (Wildman–Crippen LogP) is 0.850. The molecule has 2 aliphatic heterocycles. The van der Waals surface area contributed by atoms with Crippen molar-refractivity contribution in [3.8, 4) is 0 Å². The molecule has 2 nitrogen and oxygen atoms in total. The summed E-state index contributed by atoms with van der Waals surface area (Å²) in [5.41, 5.74) is 0. The van der Waals surface area contributed by atoms with E-state index < -0.39 is 0 Å². The minimum atomic E-state index is -0.0182. The molecule has 0 radical (unpaired) electrons. The lowest BCUT2D eigenvalue weighted by Crippen LogP contribution is -2.45. The Morgan fingerprint density at radius 2 is 1.92 bits per heavy atom. The Kier molecular flexibility index (Phi) is 1.37. The molecule has 5 unspecified atom stereocenters. The highest BCUT2D eigenvalue weighted by molar-refractivity contribution is 5.06. The van der Waals surface area contributed by atoms with Gasteiger partial charge in [-0.05, 0) is 44.6 Å². The molecule has 12 heavy (non-hydrogen) atoms. The lowest BCUT2D eigenvalue weighted by Gasteiger charge is -2.36. The van der Waals surface area contributed by atoms with Gasteiger partial charge in [0.25, 0.3) is 0 Å². The van der Waals surface area contributed by atoms with E-state index in [4.69, 9.17) is 0 Å². The van der Waals surface area contributed by atoms with Gasteiger partial charge in [-0.15, -0.1) is 0 Å². The van der Waals surface area contributed by atoms with Crippen molar-refractivity contribution in [3.63, 3.8) is 0 Å². The molecule has 0 aromatic heterocycles. The summed E-state index contributed by atoms with van der Waals surface area (Å²) in [7, 11) is 2.20. The van der Waals surface area contributed by atoms with Crippen molar-refractivity contribution in [1.29, 1.82) is 0 Å². The molecule has 5 atom stereocenters. The largest absolute Gasteiger partial charge is 0.391 e. The molecule has 0 aromatic carbocycles. The van der Waals surface area contributed by atoms with Crippen molar-refractivity contribution in [2.75, 3.05) is 7.05 Å². The second kappa shape index (κ2) is 2.24. The molecule has 2 saturated heterocycles. The van der Waals surface area contributed by atoms with Crippen molar-refractivity contribution in [1.82, 2.24) is 4.90 Å². The Morgan fingerprint density at radius 1 is 1.17 bits per heavy atom. The first kappa shape index (κ1) is 7.34. The maximum absolute atomic E-state index is 9.85. The summed E-state index contributed by atoms with van der Waals surface area (Å²) in [4.78, 5) is 2.45. The van der Waals surface area contributed by atoms with Crippen LogP contribution in [0.4, 0.5) is 0 Å². The van der Waals surface area contributed by atoms with Gasteiger partial charge < -0.3 is 5.11 Å². The lowest BCUT2D eigenvalue weighted by molar-refractivity contribution is 0.0625. The fraction of sp³-hybridized carbons (Fsp3) is 1.00. The van der Waals surface area contributed by atoms with Crippen LogP contribution in [0.2, 0.25) is 0 Å². The zero-order valence-electron chi connectivity index (χ0n) is 7.61. The molecule has 3 aliphatic rings. The first-order chi connectivity index (χ1) is 5.77. The van der Waals surface area contributed by atoms with Crippen LogP contribution >= 0.6 is 0 Å². The molecule has 0 amide bonds. The fourth-order valence-corrected chi connectivity index (χ4v) is 3.93. The van der Waals surface area contributed by atoms with Gasteiger partial charge in [0.1, 0.15) is 0 Å². The Bertz CT molecular complexity index is 204. The summed E-state index contributed by atoms with van der Waals surface area (Å²) in [6, 6.07) is 1.22. The molecule has 1 aliphatic carbocycles. The SMILES string of the molecule is CN1C2CC(O)C1C1CCC2C1. The zero-order valence-corrected chi connectivity index (χ0v) is 7.61. The van der Waals surface area contributed by atoms with E-state index in [0.29, 0.717) is 12.1 Å². The Labute approximate surface area is 73.6 Å². The van der Waals surface area contributed by atoms with Gasteiger partial charge in [-0.3, -0.25) is 4.90 Å². The molecular weight excluding hydrogens is 150 g/mol. The van der Waals surface area contributed by atoms with Gasteiger partial charge in [0.05, 0.1) is 6.10 Å². The number of hydrogen-bond acceptors (Lipinski definition) is 2. The van der Waals surface area contributed by atoms with Gasteiger partial charge >= 0.3 is 0 Å². The first-order valence-corrected chi connectivity index (χ1v) is 5.17. The van der Waals surface area contributed by atoms with Crippen molar-refractivity contribution in [2.24, 2.45) is 11.8 Å². The number of aliphatic hydroxyl groups is 1. The van der Waals surface area contributed by atoms with Crippen molar-refractivity contribution in [2.45, 2.75) is 43.9 Å². The topological polar surface area (TPSA) is 23.5 Å². The van der Waals surface area contributed by atoms with Crippen LogP contribution in [0.1, 0.15) is 25.7 Å². The van der Waals surface area contributed by atoms with Crippen LogP contribution in [0.25, 0.3) is 0 Å². The number of aliphatic hydroxyl groups excluding tert-OH is 1. The molecule has 1 saturated carbocycles. The number of piperidine rings is 1. The lowest BCUT2D eigenvalue weighted by atomic mass is 9.91. The van der Waals surface area contributed by atoms with Crippen LogP contribution in [0.5, 0.6) is 0 Å². The van der Waals surface area contributed by atoms with Gasteiger partial charge in [-0.1, -0.05) is 0 Å². The van der Waals surface area contributed by atoms with Crippen molar-refractivity contribution in [3.05, 3.63) is 0 Å². The van der Waals surface area contributed by atoms with Crippen LogP contribution in [-0.2, 0) is 0 Å². The highest BCUT2D eigenvalue weighted by atomic mass is 16.3. The minimum Gasteiger partial charge on any atom is -0.391 e. The summed E-state index contributed by atoms with van der Waals surface area (Å²) in [6.07, 6.45) is 5.21. The third-order valence-corrected chi connectivity index (χ3v) is 4.41. The van der Waals surface area contributed by atoms with Crippen molar-refractivity contribution < 1.29 is 5.11 Å². The monoisotopic (exact) mass is 167 g/mol. The van der Waals surface area contributed by atoms with Gasteiger partial charge in [0.2, 0.25) is 0 Å². The number of fused-ring (bicyclic) bond motifs is 6. The normalized spacial score (nSPS) is 58.0. The van der Waals surface area contributed by atoms with Gasteiger partial charge in [-0.25, -0.2) is 0 Å². The third kappa shape index (κ3) is 0.728. The van der Waals surface area contributed by atoms with Crippen LogP contribution in [0, 0.1) is 11.8 Å². The van der Waals surface area contributed by atoms with Gasteiger partial charge in [0.15, 0.2) is 0 Å². The summed E-state index contributed by atoms with van der Waals surface area (Å²) in [5, 5.41) is 9.85. The van der Waals surface area contributed by atoms with Crippen molar-refractivity contribution >= 4 is 0 Å². The van der Waals surface area contributed by atoms with Crippen LogP contribution < -0.4 is 0 Å². The second-order valence-corrected chi connectivity index (χ2v) is 4.86. The molecule has 4 bridgehead atoms. The standard InChI is InChI=1S/C10H17NO/c1-11-8-5-9(12)10(11)7-3-2-6(8)4-7/h6-10,12H,2-5H2,1H3. The van der Waals surface area contributed by atoms with Crippen LogP contribution in [0.15, 0.2) is 0 Å². The van der Waals surface area contributed by atoms with Crippen LogP contribution in [0.3, 0.4) is 0 Å². The van der Waals surface area contributed by atoms with E-state index in [2.05, 4.69) is 11.9 Å². The number of likely N-dealkylation sites (N-methyl/N-ethyl adjacent to an activating group) is 1. The quantitative estimate of drug-likeness (QED) is 0.578. The molecule has 0 aromatic rings. The minimum absolute atomic E-state index is 0.0182. The first-order valence-electron chi connectivity index (χ1n) is 5.17. The van der Waals surface area contributed by atoms with E-state index in [1.807, 2.05) is 0 Å². The van der Waals surface area contributed by atoms with E-state index in [-0.39, 0.29) is 6.10 Å². The highest BCUT2D eigenvalue weighted by Gasteiger charge is 2.52. The maximum Gasteiger partial charge on any atom is 0.0713 e. The third-order valence-electron chi connectivity index (χ3n) is 4.41. The molecular formula is C10H17NO. The van der Waals surface area contributed by atoms with Gasteiger partial charge in [0, 0.05) is 12.1 Å². The average Bonchev–Trinajstić information content (AvgIpc) is 2.48. The maximum atomic E-state index is 9.85. The second-order valence-electron chi connectivity index (χ2n) is 4.86. The highest BCUT2D eigenvalue weighted by Crippen LogP contribution is 2.49. The fourth-order valence-electron chi connectivity index (χ4n) is 3.93.